The van der Waals surface area contributed by atoms with Gasteiger partial charge in [-0.3, -0.25) is 24.6 Å². The first-order valence-corrected chi connectivity index (χ1v) is 18.6. The van der Waals surface area contributed by atoms with Crippen molar-refractivity contribution < 1.29 is 32.3 Å². The Labute approximate surface area is 312 Å². The number of piperidine rings is 1. The van der Waals surface area contributed by atoms with E-state index in [1.165, 1.54) is 6.07 Å². The molecule has 2 atom stereocenters. The van der Waals surface area contributed by atoms with Crippen LogP contribution in [0.3, 0.4) is 0 Å². The van der Waals surface area contributed by atoms with Crippen molar-refractivity contribution in [3.8, 4) is 11.8 Å². The van der Waals surface area contributed by atoms with Gasteiger partial charge >= 0.3 is 6.18 Å². The highest BCUT2D eigenvalue weighted by Crippen LogP contribution is 2.36. The van der Waals surface area contributed by atoms with E-state index >= 15 is 0 Å². The number of anilines is 3. The van der Waals surface area contributed by atoms with Crippen molar-refractivity contribution >= 4 is 34.8 Å². The van der Waals surface area contributed by atoms with Crippen LogP contribution in [0.4, 0.5) is 30.2 Å². The zero-order chi connectivity index (χ0) is 38.0. The lowest BCUT2D eigenvalue weighted by molar-refractivity contribution is -0.138. The smallest absolute Gasteiger partial charge is 0.417 e. The van der Waals surface area contributed by atoms with Crippen molar-refractivity contribution in [3.63, 3.8) is 0 Å². The maximum absolute atomic E-state index is 13.5. The van der Waals surface area contributed by atoms with Crippen LogP contribution >= 0.6 is 0 Å². The number of nitrogens with zero attached hydrogens (tertiary/aromatic N) is 6. The number of unbranched alkanes of at least 4 members (excludes halogenated alkanes) is 1. The molecule has 3 saturated heterocycles. The van der Waals surface area contributed by atoms with E-state index in [2.05, 4.69) is 33.0 Å². The van der Waals surface area contributed by atoms with E-state index in [4.69, 9.17) is 10.00 Å². The highest BCUT2D eigenvalue weighted by atomic mass is 19.4. The van der Waals surface area contributed by atoms with Crippen molar-refractivity contribution in [3.05, 3.63) is 82.9 Å². The molecule has 0 spiro atoms. The highest BCUT2D eigenvalue weighted by Gasteiger charge is 2.39. The van der Waals surface area contributed by atoms with Gasteiger partial charge in [-0.05, 0) is 99.0 Å². The van der Waals surface area contributed by atoms with Crippen LogP contribution in [0.1, 0.15) is 59.7 Å². The summed E-state index contributed by atoms with van der Waals surface area (Å²) in [5.74, 6) is -0.0482. The second-order valence-corrected chi connectivity index (χ2v) is 14.4. The third-order valence-corrected chi connectivity index (χ3v) is 11.0. The molecule has 3 amide bonds. The van der Waals surface area contributed by atoms with Crippen LogP contribution in [0.2, 0.25) is 0 Å². The molecule has 3 aromatic rings. The van der Waals surface area contributed by atoms with Crippen LogP contribution in [-0.2, 0) is 22.3 Å². The average Bonchev–Trinajstić information content (AvgIpc) is 3.49. The number of rotatable bonds is 10. The van der Waals surface area contributed by atoms with Gasteiger partial charge in [-0.25, -0.2) is 0 Å². The van der Waals surface area contributed by atoms with Gasteiger partial charge in [0.05, 0.1) is 23.8 Å². The summed E-state index contributed by atoms with van der Waals surface area (Å²) in [6.45, 7) is 9.44. The van der Waals surface area contributed by atoms with Crippen molar-refractivity contribution in [1.82, 2.24) is 15.1 Å². The van der Waals surface area contributed by atoms with Crippen LogP contribution in [0.5, 0.6) is 5.75 Å². The number of amides is 3. The predicted octanol–water partition coefficient (Wildman–Crippen LogP) is 5.03. The summed E-state index contributed by atoms with van der Waals surface area (Å²) in [4.78, 5) is 47.6. The predicted molar refractivity (Wildman–Crippen MR) is 197 cm³/mol. The number of alkyl halides is 3. The van der Waals surface area contributed by atoms with E-state index in [-0.39, 0.29) is 29.8 Å². The number of ether oxygens (including phenoxy) is 1. The second kappa shape index (κ2) is 15.6. The molecule has 4 aliphatic rings. The molecule has 0 aliphatic carbocycles. The van der Waals surface area contributed by atoms with E-state index in [0.29, 0.717) is 50.5 Å². The first-order valence-electron chi connectivity index (χ1n) is 18.6. The number of hydrogen-bond donors (Lipinski definition) is 1. The maximum atomic E-state index is 13.5. The summed E-state index contributed by atoms with van der Waals surface area (Å²) in [7, 11) is 0. The minimum absolute atomic E-state index is 0.0641. The van der Waals surface area contributed by atoms with E-state index < -0.39 is 23.7 Å². The Morgan fingerprint density at radius 2 is 1.56 bits per heavy atom. The molecule has 284 valence electrons. The Morgan fingerprint density at radius 1 is 0.852 bits per heavy atom. The van der Waals surface area contributed by atoms with Gasteiger partial charge < -0.3 is 24.3 Å². The lowest BCUT2D eigenvalue weighted by atomic mass is 10.0. The number of piperazine rings is 2. The number of nitriles is 1. The van der Waals surface area contributed by atoms with Crippen LogP contribution in [-0.4, -0.2) is 98.6 Å². The summed E-state index contributed by atoms with van der Waals surface area (Å²) < 4.78 is 46.6. The molecule has 11 nitrogen and oxygen atoms in total. The molecule has 54 heavy (non-hydrogen) atoms. The average molecular weight is 744 g/mol. The lowest BCUT2D eigenvalue weighted by Gasteiger charge is -2.42. The summed E-state index contributed by atoms with van der Waals surface area (Å²) >= 11 is 0. The molecule has 0 aromatic heterocycles. The zero-order valence-corrected chi connectivity index (χ0v) is 30.3. The Hall–Kier alpha value is -5.29. The first kappa shape index (κ1) is 37.0. The second-order valence-electron chi connectivity index (χ2n) is 14.4. The van der Waals surface area contributed by atoms with Gasteiger partial charge in [-0.1, -0.05) is 0 Å². The van der Waals surface area contributed by atoms with E-state index in [1.807, 2.05) is 41.3 Å². The van der Waals surface area contributed by atoms with Crippen LogP contribution in [0.25, 0.3) is 0 Å². The molecule has 0 radical (unpaired) electrons. The van der Waals surface area contributed by atoms with Gasteiger partial charge in [0.25, 0.3) is 5.91 Å². The molecular weight excluding hydrogens is 699 g/mol. The SMILES string of the molecule is C[C@@H]1CN(c2ccc(C#N)c(C(F)(F)F)c2)CCN1c1ccc(OCCCCN2CCN(c3ccc4c(c3)CN(C3CCC(=O)NC3=O)C4=O)CC2)cc1. The quantitative estimate of drug-likeness (QED) is 0.226. The summed E-state index contributed by atoms with van der Waals surface area (Å²) in [5.41, 5.74) is 2.86. The molecule has 4 aliphatic heterocycles. The Balaban J connectivity index is 0.813. The molecular formula is C40H44F3N7O4. The number of halogens is 3. The van der Waals surface area contributed by atoms with Crippen LogP contribution < -0.4 is 24.8 Å². The summed E-state index contributed by atoms with van der Waals surface area (Å²) in [6, 6.07) is 18.9. The molecule has 1 unspecified atom stereocenters. The fourth-order valence-corrected chi connectivity index (χ4v) is 7.99. The molecule has 14 heteroatoms. The van der Waals surface area contributed by atoms with Crippen LogP contribution in [0.15, 0.2) is 60.7 Å². The Morgan fingerprint density at radius 3 is 2.26 bits per heavy atom. The number of benzene rings is 3. The molecule has 1 N–H and O–H groups in total. The number of carbonyl (C=O) groups is 3. The molecule has 3 fully saturated rings. The number of fused-ring (bicyclic) bond motifs is 1. The Kier molecular flexibility index (Phi) is 10.7. The lowest BCUT2D eigenvalue weighted by Crippen LogP contribution is -2.52. The zero-order valence-electron chi connectivity index (χ0n) is 30.3. The van der Waals surface area contributed by atoms with Crippen LogP contribution in [0, 0.1) is 11.3 Å². The minimum Gasteiger partial charge on any atom is -0.494 e. The van der Waals surface area contributed by atoms with Gasteiger partial charge in [0.2, 0.25) is 11.8 Å². The normalized spacial score (nSPS) is 20.9. The summed E-state index contributed by atoms with van der Waals surface area (Å²) in [5, 5.41) is 11.5. The van der Waals surface area contributed by atoms with Gasteiger partial charge in [-0.15, -0.1) is 0 Å². The molecule has 0 bridgehead atoms. The van der Waals surface area contributed by atoms with Crippen molar-refractivity contribution in [2.24, 2.45) is 0 Å². The molecule has 4 heterocycles. The molecule has 7 rings (SSSR count). The topological polar surface area (TPSA) is 112 Å². The van der Waals surface area contributed by atoms with Crippen molar-refractivity contribution in [2.75, 3.05) is 73.7 Å². The minimum atomic E-state index is -4.58. The van der Waals surface area contributed by atoms with Gasteiger partial charge in [0.15, 0.2) is 0 Å². The highest BCUT2D eigenvalue weighted by molar-refractivity contribution is 6.05. The third kappa shape index (κ3) is 7.96. The fourth-order valence-electron chi connectivity index (χ4n) is 7.99. The number of carbonyl (C=O) groups excluding carboxylic acids is 3. The standard InChI is InChI=1S/C40H44F3N7O4/c1-27-25-48(32-5-4-28(24-44)35(23-32)40(41,42)43)19-20-49(27)30-6-9-33(10-7-30)54-21-3-2-14-46-15-17-47(18-16-46)31-8-11-34-29(22-31)26-50(39(34)53)36-12-13-37(51)45-38(36)52/h4-11,22-23,27,36H,2-3,12-21,25-26H2,1H3,(H,45,51,52)/t27-,36?/m1/s1. The van der Waals surface area contributed by atoms with Gasteiger partial charge in [-0.2, -0.15) is 18.4 Å². The summed E-state index contributed by atoms with van der Waals surface area (Å²) in [6.07, 6.45) is -2.05. The number of nitrogens with one attached hydrogen (secondary N) is 1. The van der Waals surface area contributed by atoms with Crippen molar-refractivity contribution in [1.29, 1.82) is 5.26 Å². The monoisotopic (exact) mass is 743 g/mol. The largest absolute Gasteiger partial charge is 0.494 e. The Bertz CT molecular complexity index is 1920. The molecule has 3 aromatic carbocycles. The number of imide groups is 1. The first-order chi connectivity index (χ1) is 26.0. The number of hydrogen-bond acceptors (Lipinski definition) is 9. The third-order valence-electron chi connectivity index (χ3n) is 11.0. The van der Waals surface area contributed by atoms with Crippen molar-refractivity contribution in [2.45, 2.75) is 57.4 Å². The maximum Gasteiger partial charge on any atom is 0.417 e. The van der Waals surface area contributed by atoms with E-state index in [9.17, 15) is 27.6 Å². The van der Waals surface area contributed by atoms with E-state index in [1.54, 1.807) is 17.0 Å². The van der Waals surface area contributed by atoms with E-state index in [0.717, 1.165) is 74.3 Å². The fraction of sp³-hybridized carbons (Fsp3) is 0.450. The van der Waals surface area contributed by atoms with Gasteiger partial charge in [0, 0.05) is 87.4 Å². The van der Waals surface area contributed by atoms with Gasteiger partial charge in [0.1, 0.15) is 11.8 Å². The molecule has 0 saturated carbocycles.